The van der Waals surface area contributed by atoms with Crippen LogP contribution in [-0.4, -0.2) is 4.98 Å². The van der Waals surface area contributed by atoms with E-state index in [0.29, 0.717) is 5.82 Å². The summed E-state index contributed by atoms with van der Waals surface area (Å²) in [4.78, 5) is 5.26. The zero-order valence-electron chi connectivity index (χ0n) is 7.73. The highest BCUT2D eigenvalue weighted by Gasteiger charge is 2.04. The summed E-state index contributed by atoms with van der Waals surface area (Å²) in [7, 11) is 0. The number of rotatable bonds is 2. The molecule has 0 spiro atoms. The second-order valence-electron chi connectivity index (χ2n) is 2.84. The Morgan fingerprint density at radius 2 is 2.21 bits per heavy atom. The van der Waals surface area contributed by atoms with Crippen molar-refractivity contribution in [3.63, 3.8) is 0 Å². The molecule has 0 aliphatic rings. The van der Waals surface area contributed by atoms with E-state index in [2.05, 4.69) is 4.98 Å². The monoisotopic (exact) mass is 206 g/mol. The van der Waals surface area contributed by atoms with Crippen LogP contribution in [0, 0.1) is 6.92 Å². The number of hydrogen-bond donors (Lipinski definition) is 1. The highest BCUT2D eigenvalue weighted by molar-refractivity contribution is 7.99. The van der Waals surface area contributed by atoms with Crippen molar-refractivity contribution < 1.29 is 4.42 Å². The number of nitrogen functional groups attached to an aromatic ring is 1. The molecule has 4 heteroatoms. The number of nitrogens with two attached hydrogens (primary N) is 1. The quantitative estimate of drug-likeness (QED) is 0.820. The van der Waals surface area contributed by atoms with Crippen LogP contribution in [-0.2, 0) is 0 Å². The summed E-state index contributed by atoms with van der Waals surface area (Å²) >= 11 is 1.55. The number of nitrogens with zero attached hydrogens (tertiary/aromatic N) is 1. The minimum atomic E-state index is 0.538. The first-order valence-electron chi connectivity index (χ1n) is 4.20. The Morgan fingerprint density at radius 3 is 2.86 bits per heavy atom. The fraction of sp³-hybridized carbons (Fsp3) is 0.100. The molecule has 0 bridgehead atoms. The van der Waals surface area contributed by atoms with Gasteiger partial charge in [-0.25, -0.2) is 4.98 Å². The Kier molecular flexibility index (Phi) is 2.45. The molecule has 0 aliphatic carbocycles. The molecule has 0 aliphatic heterocycles. The summed E-state index contributed by atoms with van der Waals surface area (Å²) < 4.78 is 5.19. The van der Waals surface area contributed by atoms with Crippen LogP contribution >= 0.6 is 11.8 Å². The first-order chi connectivity index (χ1) is 6.75. The molecule has 0 aromatic carbocycles. The largest absolute Gasteiger partial charge is 0.468 e. The van der Waals surface area contributed by atoms with Gasteiger partial charge in [0.25, 0.3) is 0 Å². The van der Waals surface area contributed by atoms with Crippen molar-refractivity contribution in [3.8, 4) is 0 Å². The maximum absolute atomic E-state index is 5.58. The summed E-state index contributed by atoms with van der Waals surface area (Å²) in [6.07, 6.45) is 1.67. The lowest BCUT2D eigenvalue weighted by Crippen LogP contribution is -1.89. The van der Waals surface area contributed by atoms with Crippen molar-refractivity contribution in [1.29, 1.82) is 0 Å². The highest BCUT2D eigenvalue weighted by Crippen LogP contribution is 2.29. The predicted octanol–water partition coefficient (Wildman–Crippen LogP) is 2.72. The van der Waals surface area contributed by atoms with Crippen LogP contribution in [0.15, 0.2) is 44.9 Å². The molecule has 0 fully saturated rings. The number of anilines is 1. The molecule has 2 aromatic heterocycles. The molecule has 2 N–H and O–H groups in total. The highest BCUT2D eigenvalue weighted by atomic mass is 32.2. The van der Waals surface area contributed by atoms with Crippen LogP contribution in [0.2, 0.25) is 0 Å². The Bertz CT molecular complexity index is 439. The lowest BCUT2D eigenvalue weighted by molar-refractivity contribution is 0.527. The lowest BCUT2D eigenvalue weighted by atomic mass is 10.5. The standard InChI is InChI=1S/C10H10N2OS/c1-7-8(5-6-13-7)14-10-4-2-3-9(11)12-10/h2-6H,1H3,(H2,11,12). The van der Waals surface area contributed by atoms with E-state index in [1.165, 1.54) is 0 Å². The first kappa shape index (κ1) is 9.15. The van der Waals surface area contributed by atoms with Gasteiger partial charge in [-0.2, -0.15) is 0 Å². The Hall–Kier alpha value is -1.42. The number of hydrogen-bond acceptors (Lipinski definition) is 4. The summed E-state index contributed by atoms with van der Waals surface area (Å²) in [6.45, 7) is 1.93. The molecule has 0 radical (unpaired) electrons. The topological polar surface area (TPSA) is 52.0 Å². The van der Waals surface area contributed by atoms with Gasteiger partial charge >= 0.3 is 0 Å². The van der Waals surface area contributed by atoms with Gasteiger partial charge in [-0.1, -0.05) is 17.8 Å². The summed E-state index contributed by atoms with van der Waals surface area (Å²) in [5.41, 5.74) is 5.58. The van der Waals surface area contributed by atoms with Gasteiger partial charge in [0.1, 0.15) is 16.6 Å². The zero-order valence-corrected chi connectivity index (χ0v) is 8.54. The van der Waals surface area contributed by atoms with Gasteiger partial charge < -0.3 is 10.2 Å². The van der Waals surface area contributed by atoms with Crippen LogP contribution in [0.3, 0.4) is 0 Å². The molecular formula is C10H10N2OS. The summed E-state index contributed by atoms with van der Waals surface area (Å²) in [5, 5.41) is 0.884. The third kappa shape index (κ3) is 1.90. The molecule has 2 aromatic rings. The molecule has 0 saturated heterocycles. The Labute approximate surface area is 86.3 Å². The van der Waals surface area contributed by atoms with Gasteiger partial charge in [0.2, 0.25) is 0 Å². The number of pyridine rings is 1. The van der Waals surface area contributed by atoms with Crippen LogP contribution < -0.4 is 5.73 Å². The molecule has 72 valence electrons. The molecule has 2 heterocycles. The lowest BCUT2D eigenvalue weighted by Gasteiger charge is -1.99. The number of furan rings is 1. The second kappa shape index (κ2) is 3.75. The van der Waals surface area contributed by atoms with Crippen molar-refractivity contribution >= 4 is 17.6 Å². The predicted molar refractivity (Wildman–Crippen MR) is 56.2 cm³/mol. The minimum Gasteiger partial charge on any atom is -0.468 e. The molecule has 0 saturated carbocycles. The normalized spacial score (nSPS) is 10.4. The maximum atomic E-state index is 5.58. The first-order valence-corrected chi connectivity index (χ1v) is 5.02. The molecule has 0 atom stereocenters. The third-order valence-electron chi connectivity index (χ3n) is 1.77. The van der Waals surface area contributed by atoms with E-state index < -0.39 is 0 Å². The number of aromatic nitrogens is 1. The van der Waals surface area contributed by atoms with E-state index in [9.17, 15) is 0 Å². The number of aryl methyl sites for hydroxylation is 1. The zero-order chi connectivity index (χ0) is 9.97. The second-order valence-corrected chi connectivity index (χ2v) is 3.91. The van der Waals surface area contributed by atoms with Crippen LogP contribution in [0.5, 0.6) is 0 Å². The molecule has 3 nitrogen and oxygen atoms in total. The Morgan fingerprint density at radius 1 is 1.36 bits per heavy atom. The summed E-state index contributed by atoms with van der Waals surface area (Å²) in [5.74, 6) is 1.44. The molecule has 14 heavy (non-hydrogen) atoms. The van der Waals surface area contributed by atoms with E-state index in [1.54, 1.807) is 24.1 Å². The van der Waals surface area contributed by atoms with Crippen LogP contribution in [0.1, 0.15) is 5.76 Å². The SMILES string of the molecule is Cc1occc1Sc1cccc(N)n1. The smallest absolute Gasteiger partial charge is 0.124 e. The maximum Gasteiger partial charge on any atom is 0.124 e. The van der Waals surface area contributed by atoms with Crippen LogP contribution in [0.4, 0.5) is 5.82 Å². The van der Waals surface area contributed by atoms with Crippen molar-refractivity contribution in [3.05, 3.63) is 36.3 Å². The van der Waals surface area contributed by atoms with E-state index >= 15 is 0 Å². The molecule has 0 amide bonds. The van der Waals surface area contributed by atoms with Gasteiger partial charge in [0, 0.05) is 0 Å². The van der Waals surface area contributed by atoms with Gasteiger partial charge in [0.05, 0.1) is 11.2 Å². The third-order valence-corrected chi connectivity index (χ3v) is 2.85. The van der Waals surface area contributed by atoms with Gasteiger partial charge in [-0.3, -0.25) is 0 Å². The van der Waals surface area contributed by atoms with E-state index in [-0.39, 0.29) is 0 Å². The molecular weight excluding hydrogens is 196 g/mol. The van der Waals surface area contributed by atoms with Crippen molar-refractivity contribution in [1.82, 2.24) is 4.98 Å². The van der Waals surface area contributed by atoms with Gasteiger partial charge in [-0.05, 0) is 25.1 Å². The minimum absolute atomic E-state index is 0.538. The van der Waals surface area contributed by atoms with Crippen molar-refractivity contribution in [2.24, 2.45) is 0 Å². The van der Waals surface area contributed by atoms with Gasteiger partial charge in [0.15, 0.2) is 0 Å². The molecule has 2 rings (SSSR count). The van der Waals surface area contributed by atoms with E-state index in [1.807, 2.05) is 25.1 Å². The fourth-order valence-corrected chi connectivity index (χ4v) is 1.92. The Balaban J connectivity index is 2.23. The van der Waals surface area contributed by atoms with Gasteiger partial charge in [-0.15, -0.1) is 0 Å². The average molecular weight is 206 g/mol. The van der Waals surface area contributed by atoms with E-state index in [4.69, 9.17) is 10.2 Å². The van der Waals surface area contributed by atoms with E-state index in [0.717, 1.165) is 15.7 Å². The van der Waals surface area contributed by atoms with Crippen LogP contribution in [0.25, 0.3) is 0 Å². The summed E-state index contributed by atoms with van der Waals surface area (Å²) in [6, 6.07) is 7.50. The fourth-order valence-electron chi connectivity index (χ4n) is 1.08. The van der Waals surface area contributed by atoms with Crippen molar-refractivity contribution in [2.75, 3.05) is 5.73 Å². The molecule has 0 unspecified atom stereocenters. The average Bonchev–Trinajstić information content (AvgIpc) is 2.52. The van der Waals surface area contributed by atoms with Crippen molar-refractivity contribution in [2.45, 2.75) is 16.8 Å².